The minimum Gasteiger partial charge on any atom is -0.493 e. The van der Waals surface area contributed by atoms with E-state index in [1.54, 1.807) is 6.07 Å². The van der Waals surface area contributed by atoms with Gasteiger partial charge in [-0.2, -0.15) is 0 Å². The van der Waals surface area contributed by atoms with Crippen molar-refractivity contribution < 1.29 is 26.8 Å². The van der Waals surface area contributed by atoms with Crippen LogP contribution in [0, 0.1) is 11.7 Å². The van der Waals surface area contributed by atoms with Gasteiger partial charge in [-0.1, -0.05) is 12.1 Å². The molecule has 24 heavy (non-hydrogen) atoms. The van der Waals surface area contributed by atoms with Crippen molar-refractivity contribution in [1.29, 1.82) is 0 Å². The fraction of sp³-hybridized carbons (Fsp3) is 0.368. The van der Waals surface area contributed by atoms with Gasteiger partial charge in [-0.15, -0.1) is 0 Å². The van der Waals surface area contributed by atoms with Gasteiger partial charge in [0.05, 0.1) is 6.61 Å². The average Bonchev–Trinajstić information content (AvgIpc) is 2.97. The smallest absolute Gasteiger partial charge is 0.231 e. The molecule has 2 atom stereocenters. The summed E-state index contributed by atoms with van der Waals surface area (Å²) < 4.78 is 77.2. The van der Waals surface area contributed by atoms with Crippen molar-refractivity contribution in [3.05, 3.63) is 53.8 Å². The molecule has 2 aliphatic rings. The summed E-state index contributed by atoms with van der Waals surface area (Å²) in [7, 11) is 0. The van der Waals surface area contributed by atoms with E-state index in [1.165, 1.54) is 36.4 Å². The topological polar surface area (TPSA) is 39.7 Å². The molecule has 5 heteroatoms. The van der Waals surface area contributed by atoms with Crippen molar-refractivity contribution in [1.82, 2.24) is 5.32 Å². The molecule has 2 aliphatic heterocycles. The summed E-state index contributed by atoms with van der Waals surface area (Å²) in [4.78, 5) is 0. The molecule has 4 nitrogen and oxygen atoms in total. The second-order valence-corrected chi connectivity index (χ2v) is 5.65. The number of hydrogen-bond donors (Lipinski definition) is 1. The Bertz CT molecular complexity index is 940. The summed E-state index contributed by atoms with van der Waals surface area (Å²) >= 11 is 0. The van der Waals surface area contributed by atoms with Crippen molar-refractivity contribution in [2.45, 2.75) is 12.3 Å². The van der Waals surface area contributed by atoms with Crippen LogP contribution in [0.2, 0.25) is 0 Å². The second kappa shape index (κ2) is 6.69. The Labute approximate surface area is 149 Å². The molecule has 0 aromatic heterocycles. The van der Waals surface area contributed by atoms with Gasteiger partial charge < -0.3 is 19.5 Å². The molecule has 1 unspecified atom stereocenters. The Morgan fingerprint density at radius 2 is 2.00 bits per heavy atom. The Balaban J connectivity index is 1.56. The fourth-order valence-electron chi connectivity index (χ4n) is 2.78. The molecule has 2 aromatic carbocycles. The zero-order valence-electron chi connectivity index (χ0n) is 18.7. The second-order valence-electron chi connectivity index (χ2n) is 5.65. The predicted molar refractivity (Wildman–Crippen MR) is 88.2 cm³/mol. The molecule has 2 heterocycles. The predicted octanol–water partition coefficient (Wildman–Crippen LogP) is 3.33. The third kappa shape index (κ3) is 3.17. The van der Waals surface area contributed by atoms with Crippen LogP contribution in [0.25, 0.3) is 0 Å². The van der Waals surface area contributed by atoms with E-state index in [1.807, 2.05) is 0 Å². The van der Waals surface area contributed by atoms with Crippen LogP contribution in [-0.4, -0.2) is 26.4 Å². The molecule has 126 valence electrons. The van der Waals surface area contributed by atoms with E-state index in [9.17, 15) is 4.39 Å². The normalized spacial score (nSPS) is 32.4. The highest BCUT2D eigenvalue weighted by Crippen LogP contribution is 2.36. The number of fused-ring (bicyclic) bond motifs is 1. The lowest BCUT2D eigenvalue weighted by Gasteiger charge is -2.32. The summed E-state index contributed by atoms with van der Waals surface area (Å²) in [6.45, 7) is -4.31. The van der Waals surface area contributed by atoms with Gasteiger partial charge in [0.2, 0.25) is 6.75 Å². The van der Waals surface area contributed by atoms with Crippen LogP contribution in [0.4, 0.5) is 4.39 Å². The summed E-state index contributed by atoms with van der Waals surface area (Å²) in [5, 5.41) is 2.61. The molecule has 2 aromatic rings. The van der Waals surface area contributed by atoms with Crippen LogP contribution < -0.4 is 19.5 Å². The first-order chi connectivity index (χ1) is 14.0. The van der Waals surface area contributed by atoms with Crippen molar-refractivity contribution in [2.75, 3.05) is 26.4 Å². The summed E-state index contributed by atoms with van der Waals surface area (Å²) in [6.07, 6.45) is -2.28. The van der Waals surface area contributed by atoms with Gasteiger partial charge in [-0.05, 0) is 48.6 Å². The third-order valence-corrected chi connectivity index (χ3v) is 4.06. The standard InChI is InChI=1S/C19H20FNO3/c20-15-3-1-13(2-4-15)17-7-8-21-10-14(17)11-22-16-5-6-18-19(9-16)24-12-23-18/h1-6,9,14,17,21H,7-8,10-12H2/t14-,17?/m0/s1/i7D2,8D2,12D2. The number of rotatable bonds is 4. The molecular formula is C19H20FNO3. The van der Waals surface area contributed by atoms with Crippen molar-refractivity contribution >= 4 is 0 Å². The summed E-state index contributed by atoms with van der Waals surface area (Å²) in [6, 6.07) is 9.98. The average molecular weight is 335 g/mol. The molecular weight excluding hydrogens is 309 g/mol. The lowest BCUT2D eigenvalue weighted by atomic mass is 9.81. The molecule has 0 aliphatic carbocycles. The number of halogens is 1. The van der Waals surface area contributed by atoms with E-state index in [0.717, 1.165) is 0 Å². The van der Waals surface area contributed by atoms with E-state index < -0.39 is 37.3 Å². The first-order valence-electron chi connectivity index (χ1n) is 10.6. The van der Waals surface area contributed by atoms with Crippen LogP contribution in [0.1, 0.15) is 26.1 Å². The monoisotopic (exact) mass is 335 g/mol. The first-order valence-corrected chi connectivity index (χ1v) is 7.64. The maximum atomic E-state index is 13.4. The van der Waals surface area contributed by atoms with Gasteiger partial charge in [0.1, 0.15) is 14.3 Å². The van der Waals surface area contributed by atoms with Crippen LogP contribution in [0.3, 0.4) is 0 Å². The zero-order chi connectivity index (χ0) is 21.7. The van der Waals surface area contributed by atoms with Gasteiger partial charge >= 0.3 is 0 Å². The maximum absolute atomic E-state index is 13.4. The number of ether oxygens (including phenoxy) is 3. The molecule has 1 saturated heterocycles. The van der Waals surface area contributed by atoms with E-state index >= 15 is 0 Å². The van der Waals surface area contributed by atoms with Crippen LogP contribution >= 0.6 is 0 Å². The van der Waals surface area contributed by atoms with Crippen molar-refractivity contribution in [2.24, 2.45) is 5.92 Å². The van der Waals surface area contributed by atoms with Crippen LogP contribution in [0.15, 0.2) is 42.5 Å². The third-order valence-electron chi connectivity index (χ3n) is 4.06. The molecule has 1 N–H and O–H groups in total. The lowest BCUT2D eigenvalue weighted by Crippen LogP contribution is -2.38. The highest BCUT2D eigenvalue weighted by Gasteiger charge is 2.27. The quantitative estimate of drug-likeness (QED) is 0.930. The summed E-state index contributed by atoms with van der Waals surface area (Å²) in [5.41, 5.74) is 0.485. The minimum atomic E-state index is -2.28. The molecule has 0 bridgehead atoms. The molecule has 0 radical (unpaired) electrons. The lowest BCUT2D eigenvalue weighted by molar-refractivity contribution is 0.173. The van der Waals surface area contributed by atoms with Gasteiger partial charge in [0.25, 0.3) is 0 Å². The Hall–Kier alpha value is -2.27. The van der Waals surface area contributed by atoms with E-state index in [0.29, 0.717) is 11.3 Å². The number of nitrogens with one attached hydrogen (secondary N) is 1. The van der Waals surface area contributed by atoms with Gasteiger partial charge in [-0.3, -0.25) is 0 Å². The Kier molecular flexibility index (Phi) is 2.76. The molecule has 0 amide bonds. The Morgan fingerprint density at radius 1 is 1.17 bits per heavy atom. The molecule has 0 saturated carbocycles. The van der Waals surface area contributed by atoms with Crippen LogP contribution in [-0.2, 0) is 0 Å². The van der Waals surface area contributed by atoms with Crippen LogP contribution in [0.5, 0.6) is 17.2 Å². The van der Waals surface area contributed by atoms with Crippen molar-refractivity contribution in [3.8, 4) is 17.2 Å². The number of benzene rings is 2. The van der Waals surface area contributed by atoms with Gasteiger partial charge in [0, 0.05) is 24.0 Å². The van der Waals surface area contributed by atoms with E-state index in [4.69, 9.17) is 22.4 Å². The molecule has 0 spiro atoms. The minimum absolute atomic E-state index is 0.0527. The van der Waals surface area contributed by atoms with E-state index in [-0.39, 0.29) is 24.7 Å². The Morgan fingerprint density at radius 3 is 2.88 bits per heavy atom. The highest BCUT2D eigenvalue weighted by molar-refractivity contribution is 5.46. The van der Waals surface area contributed by atoms with Gasteiger partial charge in [0.15, 0.2) is 11.5 Å². The zero-order valence-corrected chi connectivity index (χ0v) is 12.7. The first kappa shape index (κ1) is 9.89. The maximum Gasteiger partial charge on any atom is 0.231 e. The largest absolute Gasteiger partial charge is 0.493 e. The number of hydrogen-bond acceptors (Lipinski definition) is 4. The van der Waals surface area contributed by atoms with Gasteiger partial charge in [-0.25, -0.2) is 4.39 Å². The summed E-state index contributed by atoms with van der Waals surface area (Å²) in [5.74, 6) is -0.962. The molecule has 4 rings (SSSR count). The van der Waals surface area contributed by atoms with E-state index in [2.05, 4.69) is 5.32 Å². The fourth-order valence-corrected chi connectivity index (χ4v) is 2.78. The highest BCUT2D eigenvalue weighted by atomic mass is 19.1. The number of piperidine rings is 1. The molecule has 1 fully saturated rings. The SMILES string of the molecule is [2H]C1([2H])Oc2ccc(OC[C@@H]3CNC([2H])([2H])C([2H])([2H])C3c3ccc(F)cc3)cc2O1. The van der Waals surface area contributed by atoms with Crippen molar-refractivity contribution in [3.63, 3.8) is 0 Å².